The largest absolute Gasteiger partial charge is 0.497 e. The standard InChI is InChI=1S/C16H16NO3SSi/c1-19-12-7-11(8-13(9-12)20-2)10-22(18)16-17-14-5-3-4-6-15(14)21-16/h3-9,18H,10H2,1-2H3. The number of methoxy groups -OCH3 is 2. The van der Waals surface area contributed by atoms with Gasteiger partial charge in [0, 0.05) is 6.07 Å². The molecule has 0 unspecified atom stereocenters. The molecule has 3 rings (SSSR count). The minimum atomic E-state index is -1.73. The van der Waals surface area contributed by atoms with Crippen molar-refractivity contribution in [3.8, 4) is 11.5 Å². The molecule has 0 fully saturated rings. The first-order valence-electron chi connectivity index (χ1n) is 6.82. The highest BCUT2D eigenvalue weighted by Crippen LogP contribution is 2.23. The number of fused-ring (bicyclic) bond motifs is 1. The molecule has 0 aliphatic carbocycles. The van der Waals surface area contributed by atoms with Gasteiger partial charge in [-0.15, -0.1) is 11.3 Å². The van der Waals surface area contributed by atoms with E-state index in [0.717, 1.165) is 31.9 Å². The molecule has 3 aromatic rings. The summed E-state index contributed by atoms with van der Waals surface area (Å²) in [4.78, 5) is 15.1. The van der Waals surface area contributed by atoms with Gasteiger partial charge >= 0.3 is 0 Å². The van der Waals surface area contributed by atoms with Gasteiger partial charge in [0.2, 0.25) is 0 Å². The fraction of sp³-hybridized carbons (Fsp3) is 0.188. The summed E-state index contributed by atoms with van der Waals surface area (Å²) in [7, 11) is 1.51. The SMILES string of the molecule is COc1cc(C[Si](O)c2nc3ccccc3s2)cc(OC)c1. The summed E-state index contributed by atoms with van der Waals surface area (Å²) in [5.74, 6) is 1.46. The van der Waals surface area contributed by atoms with E-state index in [2.05, 4.69) is 4.98 Å². The van der Waals surface area contributed by atoms with Crippen molar-refractivity contribution in [1.29, 1.82) is 0 Å². The monoisotopic (exact) mass is 330 g/mol. The number of hydrogen-bond acceptors (Lipinski definition) is 5. The van der Waals surface area contributed by atoms with Gasteiger partial charge in [-0.3, -0.25) is 0 Å². The smallest absolute Gasteiger partial charge is 0.281 e. The summed E-state index contributed by atoms with van der Waals surface area (Å²) < 4.78 is 12.5. The third-order valence-electron chi connectivity index (χ3n) is 3.32. The van der Waals surface area contributed by atoms with Gasteiger partial charge < -0.3 is 14.3 Å². The Balaban J connectivity index is 1.85. The van der Waals surface area contributed by atoms with Crippen LogP contribution in [0.25, 0.3) is 10.2 Å². The molecule has 0 bridgehead atoms. The molecule has 0 saturated heterocycles. The number of hydrogen-bond donors (Lipinski definition) is 1. The minimum absolute atomic E-state index is 0.568. The van der Waals surface area contributed by atoms with E-state index < -0.39 is 9.04 Å². The second kappa shape index (κ2) is 6.47. The molecule has 1 N–H and O–H groups in total. The Hall–Kier alpha value is -1.89. The molecule has 0 aliphatic rings. The van der Waals surface area contributed by atoms with Crippen molar-refractivity contribution in [3.05, 3.63) is 48.0 Å². The first-order valence-corrected chi connectivity index (χ1v) is 9.29. The van der Waals surface area contributed by atoms with Crippen molar-refractivity contribution >= 4 is 35.2 Å². The normalized spacial score (nSPS) is 11.1. The second-order valence-electron chi connectivity index (χ2n) is 4.83. The summed E-state index contributed by atoms with van der Waals surface area (Å²) in [6.07, 6.45) is 0. The van der Waals surface area contributed by atoms with E-state index in [1.807, 2.05) is 42.5 Å². The van der Waals surface area contributed by atoms with Crippen molar-refractivity contribution in [3.63, 3.8) is 0 Å². The topological polar surface area (TPSA) is 51.6 Å². The lowest BCUT2D eigenvalue weighted by molar-refractivity contribution is 0.393. The molecule has 0 aliphatic heterocycles. The van der Waals surface area contributed by atoms with Crippen LogP contribution in [0.3, 0.4) is 0 Å². The van der Waals surface area contributed by atoms with Gasteiger partial charge in [-0.05, 0) is 35.9 Å². The molecule has 22 heavy (non-hydrogen) atoms. The molecule has 4 nitrogen and oxygen atoms in total. The minimum Gasteiger partial charge on any atom is -0.497 e. The van der Waals surface area contributed by atoms with E-state index in [4.69, 9.17) is 9.47 Å². The zero-order chi connectivity index (χ0) is 15.5. The van der Waals surface area contributed by atoms with Crippen molar-refractivity contribution in [2.24, 2.45) is 0 Å². The fourth-order valence-electron chi connectivity index (χ4n) is 2.23. The molecule has 6 heteroatoms. The van der Waals surface area contributed by atoms with Gasteiger partial charge in [0.15, 0.2) is 0 Å². The quantitative estimate of drug-likeness (QED) is 0.729. The molecule has 0 saturated carbocycles. The summed E-state index contributed by atoms with van der Waals surface area (Å²) in [5, 5.41) is 0. The Morgan fingerprint density at radius 1 is 1.09 bits per heavy atom. The highest BCUT2D eigenvalue weighted by molar-refractivity contribution is 7.27. The lowest BCUT2D eigenvalue weighted by Gasteiger charge is -2.09. The molecule has 0 atom stereocenters. The molecule has 113 valence electrons. The molecule has 0 amide bonds. The number of thiazole rings is 1. The van der Waals surface area contributed by atoms with Gasteiger partial charge in [-0.25, -0.2) is 4.98 Å². The highest BCUT2D eigenvalue weighted by Gasteiger charge is 2.18. The van der Waals surface area contributed by atoms with E-state index in [0.29, 0.717) is 6.04 Å². The van der Waals surface area contributed by atoms with Gasteiger partial charge in [-0.1, -0.05) is 12.1 Å². The first-order chi connectivity index (χ1) is 10.7. The van der Waals surface area contributed by atoms with Gasteiger partial charge in [0.25, 0.3) is 9.04 Å². The van der Waals surface area contributed by atoms with Crippen molar-refractivity contribution in [1.82, 2.24) is 4.98 Å². The van der Waals surface area contributed by atoms with Crippen molar-refractivity contribution < 1.29 is 14.3 Å². The fourth-order valence-corrected chi connectivity index (χ4v) is 4.96. The van der Waals surface area contributed by atoms with Crippen LogP contribution in [0.5, 0.6) is 11.5 Å². The van der Waals surface area contributed by atoms with Crippen LogP contribution in [0.15, 0.2) is 42.5 Å². The van der Waals surface area contributed by atoms with E-state index >= 15 is 0 Å². The van der Waals surface area contributed by atoms with Crippen LogP contribution in [-0.2, 0) is 6.04 Å². The van der Waals surface area contributed by atoms with Crippen LogP contribution in [0.1, 0.15) is 5.56 Å². The van der Waals surface area contributed by atoms with Gasteiger partial charge in [0.1, 0.15) is 16.1 Å². The predicted octanol–water partition coefficient (Wildman–Crippen LogP) is 2.29. The third kappa shape index (κ3) is 3.14. The molecule has 1 radical (unpaired) electrons. The molecular weight excluding hydrogens is 314 g/mol. The zero-order valence-corrected chi connectivity index (χ0v) is 14.2. The number of ether oxygens (including phenoxy) is 2. The number of benzene rings is 2. The maximum absolute atomic E-state index is 10.6. The third-order valence-corrected chi connectivity index (χ3v) is 6.54. The molecule has 1 heterocycles. The number of rotatable bonds is 5. The number of para-hydroxylation sites is 1. The van der Waals surface area contributed by atoms with Crippen LogP contribution in [0.2, 0.25) is 0 Å². The van der Waals surface area contributed by atoms with Crippen molar-refractivity contribution in [2.45, 2.75) is 6.04 Å². The molecule has 0 spiro atoms. The van der Waals surface area contributed by atoms with E-state index in [1.54, 1.807) is 25.6 Å². The Kier molecular flexibility index (Phi) is 4.42. The number of aromatic nitrogens is 1. The Morgan fingerprint density at radius 2 is 1.77 bits per heavy atom. The van der Waals surface area contributed by atoms with E-state index in [9.17, 15) is 4.80 Å². The Bertz CT molecular complexity index is 735. The van der Waals surface area contributed by atoms with Crippen molar-refractivity contribution in [2.75, 3.05) is 14.2 Å². The predicted molar refractivity (Wildman–Crippen MR) is 90.5 cm³/mol. The Labute approximate surface area is 134 Å². The van der Waals surface area contributed by atoms with E-state index in [1.165, 1.54) is 0 Å². The summed E-state index contributed by atoms with van der Waals surface area (Å²) >= 11 is 1.57. The highest BCUT2D eigenvalue weighted by atomic mass is 32.1. The van der Waals surface area contributed by atoms with Gasteiger partial charge in [0.05, 0.1) is 24.4 Å². The number of nitrogens with zero attached hydrogens (tertiary/aromatic N) is 1. The summed E-state index contributed by atoms with van der Waals surface area (Å²) in [5.41, 5.74) is 1.94. The van der Waals surface area contributed by atoms with E-state index in [-0.39, 0.29) is 0 Å². The van der Waals surface area contributed by atoms with Crippen LogP contribution in [0, 0.1) is 0 Å². The molecule has 1 aromatic heterocycles. The molecular formula is C16H16NO3SSi. The van der Waals surface area contributed by atoms with Crippen LogP contribution in [-0.4, -0.2) is 33.0 Å². The first kappa shape index (κ1) is 15.0. The van der Waals surface area contributed by atoms with Crippen LogP contribution < -0.4 is 14.1 Å². The van der Waals surface area contributed by atoms with Gasteiger partial charge in [-0.2, -0.15) is 0 Å². The summed E-state index contributed by atoms with van der Waals surface area (Å²) in [6, 6.07) is 14.2. The maximum Gasteiger partial charge on any atom is 0.281 e. The maximum atomic E-state index is 10.6. The average molecular weight is 330 g/mol. The second-order valence-corrected chi connectivity index (χ2v) is 7.94. The summed E-state index contributed by atoms with van der Waals surface area (Å²) in [6.45, 7) is 0. The lowest BCUT2D eigenvalue weighted by Crippen LogP contribution is -2.32. The van der Waals surface area contributed by atoms with Crippen LogP contribution >= 0.6 is 11.3 Å². The van der Waals surface area contributed by atoms with Crippen LogP contribution in [0.4, 0.5) is 0 Å². The average Bonchev–Trinajstić information content (AvgIpc) is 2.98. The Morgan fingerprint density at radius 3 is 2.41 bits per heavy atom. The lowest BCUT2D eigenvalue weighted by atomic mass is 10.2. The molecule has 2 aromatic carbocycles. The zero-order valence-electron chi connectivity index (χ0n) is 12.4.